The molecule has 35 heavy (non-hydrogen) atoms. The molecular weight excluding hydrogens is 464 g/mol. The van der Waals surface area contributed by atoms with Crippen molar-refractivity contribution in [2.75, 3.05) is 14.2 Å². The first-order valence-corrected chi connectivity index (χ1v) is 12.4. The summed E-state index contributed by atoms with van der Waals surface area (Å²) in [7, 11) is -0.559. The van der Waals surface area contributed by atoms with Gasteiger partial charge in [0.25, 0.3) is 5.91 Å². The number of nitrogens with one attached hydrogen (secondary N) is 2. The smallest absolute Gasteiger partial charge is 0.255 e. The number of sulfonamides is 1. The number of benzene rings is 3. The maximum Gasteiger partial charge on any atom is 0.255 e. The van der Waals surface area contributed by atoms with Crippen molar-refractivity contribution in [3.63, 3.8) is 0 Å². The number of rotatable bonds is 9. The van der Waals surface area contributed by atoms with Crippen molar-refractivity contribution < 1.29 is 17.9 Å². The van der Waals surface area contributed by atoms with Crippen LogP contribution in [0, 0.1) is 0 Å². The number of aromatic nitrogens is 2. The van der Waals surface area contributed by atoms with Crippen LogP contribution >= 0.6 is 0 Å². The van der Waals surface area contributed by atoms with Crippen LogP contribution in [0.1, 0.15) is 21.5 Å². The highest BCUT2D eigenvalue weighted by Crippen LogP contribution is 2.26. The average Bonchev–Trinajstić information content (AvgIpc) is 3.32. The van der Waals surface area contributed by atoms with E-state index in [2.05, 4.69) is 10.0 Å². The van der Waals surface area contributed by atoms with Crippen LogP contribution < -0.4 is 14.8 Å². The van der Waals surface area contributed by atoms with E-state index in [0.29, 0.717) is 23.6 Å². The minimum absolute atomic E-state index is 0.164. The van der Waals surface area contributed by atoms with Gasteiger partial charge >= 0.3 is 0 Å². The average molecular weight is 491 g/mol. The zero-order valence-electron chi connectivity index (χ0n) is 19.4. The number of nitrogens with zero attached hydrogens (tertiary/aromatic N) is 2. The molecule has 0 aliphatic heterocycles. The zero-order chi connectivity index (χ0) is 24.8. The Labute approximate surface area is 204 Å². The minimum atomic E-state index is -3.51. The molecule has 0 fully saturated rings. The molecule has 0 saturated heterocycles. The summed E-state index contributed by atoms with van der Waals surface area (Å²) in [4.78, 5) is 13.4. The normalized spacial score (nSPS) is 11.3. The van der Waals surface area contributed by atoms with Gasteiger partial charge in [0.1, 0.15) is 11.4 Å². The lowest BCUT2D eigenvalue weighted by Gasteiger charge is -2.08. The summed E-state index contributed by atoms with van der Waals surface area (Å²) in [6.07, 6.45) is 1.74. The predicted molar refractivity (Wildman–Crippen MR) is 134 cm³/mol. The molecule has 4 aromatic rings. The van der Waals surface area contributed by atoms with Crippen LogP contribution in [0.5, 0.6) is 5.75 Å². The van der Waals surface area contributed by atoms with Gasteiger partial charge in [-0.3, -0.25) is 9.48 Å². The topological polar surface area (TPSA) is 102 Å². The minimum Gasteiger partial charge on any atom is -0.497 e. The van der Waals surface area contributed by atoms with E-state index >= 15 is 0 Å². The van der Waals surface area contributed by atoms with Crippen LogP contribution in [-0.2, 0) is 23.1 Å². The maximum absolute atomic E-state index is 13.2. The first-order chi connectivity index (χ1) is 16.9. The Morgan fingerprint density at radius 3 is 2.40 bits per heavy atom. The van der Waals surface area contributed by atoms with Crippen molar-refractivity contribution in [3.8, 4) is 17.0 Å². The molecule has 8 nitrogen and oxygen atoms in total. The molecule has 0 saturated carbocycles. The van der Waals surface area contributed by atoms with E-state index in [4.69, 9.17) is 9.84 Å². The molecule has 1 heterocycles. The predicted octanol–water partition coefficient (Wildman–Crippen LogP) is 3.45. The van der Waals surface area contributed by atoms with Crippen LogP contribution in [0.25, 0.3) is 11.3 Å². The van der Waals surface area contributed by atoms with Crippen molar-refractivity contribution in [2.45, 2.75) is 18.0 Å². The van der Waals surface area contributed by atoms with Crippen molar-refractivity contribution in [1.82, 2.24) is 19.8 Å². The highest BCUT2D eigenvalue weighted by molar-refractivity contribution is 7.89. The summed E-state index contributed by atoms with van der Waals surface area (Å²) >= 11 is 0. The third-order valence-corrected chi connectivity index (χ3v) is 6.92. The van der Waals surface area contributed by atoms with Crippen LogP contribution in [0.2, 0.25) is 0 Å². The van der Waals surface area contributed by atoms with E-state index in [1.807, 2.05) is 54.6 Å². The molecule has 0 spiro atoms. The Bertz CT molecular complexity index is 1420. The summed E-state index contributed by atoms with van der Waals surface area (Å²) in [5.74, 6) is 0.386. The van der Waals surface area contributed by atoms with E-state index in [1.165, 1.54) is 19.2 Å². The molecule has 9 heteroatoms. The van der Waals surface area contributed by atoms with Crippen molar-refractivity contribution in [1.29, 1.82) is 0 Å². The molecule has 0 unspecified atom stereocenters. The summed E-state index contributed by atoms with van der Waals surface area (Å²) in [6, 6.07) is 23.7. The molecule has 0 aliphatic carbocycles. The molecule has 3 aromatic carbocycles. The SMILES string of the molecule is CNS(=O)(=O)c1ccc(CNC(=O)c2cn(Cc3ccccc3)nc2-c2cccc(OC)c2)cc1. The van der Waals surface area contributed by atoms with E-state index in [0.717, 1.165) is 16.7 Å². The summed E-state index contributed by atoms with van der Waals surface area (Å²) < 4.78 is 33.2. The van der Waals surface area contributed by atoms with Gasteiger partial charge in [-0.25, -0.2) is 13.1 Å². The van der Waals surface area contributed by atoms with E-state index in [-0.39, 0.29) is 17.3 Å². The molecule has 0 radical (unpaired) electrons. The maximum atomic E-state index is 13.2. The number of hydrogen-bond acceptors (Lipinski definition) is 5. The quantitative estimate of drug-likeness (QED) is 0.374. The first-order valence-electron chi connectivity index (χ1n) is 11.0. The molecule has 1 aromatic heterocycles. The largest absolute Gasteiger partial charge is 0.497 e. The molecule has 4 rings (SSSR count). The lowest BCUT2D eigenvalue weighted by molar-refractivity contribution is 0.0951. The van der Waals surface area contributed by atoms with Gasteiger partial charge in [-0.15, -0.1) is 0 Å². The Hall–Kier alpha value is -3.95. The van der Waals surface area contributed by atoms with Crippen molar-refractivity contribution in [3.05, 3.63) is 102 Å². The second-order valence-corrected chi connectivity index (χ2v) is 9.73. The molecule has 0 atom stereocenters. The fourth-order valence-corrected chi connectivity index (χ4v) is 4.33. The van der Waals surface area contributed by atoms with E-state index < -0.39 is 10.0 Å². The summed E-state index contributed by atoms with van der Waals surface area (Å²) in [5, 5.41) is 7.62. The highest BCUT2D eigenvalue weighted by atomic mass is 32.2. The Kier molecular flexibility index (Phi) is 7.28. The Morgan fingerprint density at radius 2 is 1.71 bits per heavy atom. The number of methoxy groups -OCH3 is 1. The van der Waals surface area contributed by atoms with Crippen LogP contribution in [0.15, 0.2) is 90.0 Å². The van der Waals surface area contributed by atoms with Gasteiger partial charge < -0.3 is 10.1 Å². The number of carbonyl (C=O) groups excluding carboxylic acids is 1. The Morgan fingerprint density at radius 1 is 0.971 bits per heavy atom. The van der Waals surface area contributed by atoms with E-state index in [1.54, 1.807) is 30.1 Å². The summed E-state index contributed by atoms with van der Waals surface area (Å²) in [5.41, 5.74) is 3.59. The van der Waals surface area contributed by atoms with Crippen molar-refractivity contribution in [2.24, 2.45) is 0 Å². The first kappa shape index (κ1) is 24.2. The second kappa shape index (κ2) is 10.5. The zero-order valence-corrected chi connectivity index (χ0v) is 20.2. The summed E-state index contributed by atoms with van der Waals surface area (Å²) in [6.45, 7) is 0.757. The van der Waals surface area contributed by atoms with Crippen LogP contribution in [0.4, 0.5) is 0 Å². The van der Waals surface area contributed by atoms with Gasteiger partial charge in [-0.05, 0) is 42.4 Å². The van der Waals surface area contributed by atoms with Crippen molar-refractivity contribution >= 4 is 15.9 Å². The monoisotopic (exact) mass is 490 g/mol. The van der Waals surface area contributed by atoms with Crippen LogP contribution in [0.3, 0.4) is 0 Å². The fraction of sp³-hybridized carbons (Fsp3) is 0.154. The Balaban J connectivity index is 1.58. The van der Waals surface area contributed by atoms with Gasteiger partial charge in [0, 0.05) is 18.3 Å². The van der Waals surface area contributed by atoms with Gasteiger partial charge in [0.15, 0.2) is 0 Å². The molecular formula is C26H26N4O4S. The molecule has 0 aliphatic rings. The number of hydrogen-bond donors (Lipinski definition) is 2. The molecule has 2 N–H and O–H groups in total. The second-order valence-electron chi connectivity index (χ2n) is 7.84. The fourth-order valence-electron chi connectivity index (χ4n) is 3.60. The van der Waals surface area contributed by atoms with Gasteiger partial charge in [0.05, 0.1) is 24.1 Å². The third kappa shape index (κ3) is 5.76. The molecule has 1 amide bonds. The van der Waals surface area contributed by atoms with Gasteiger partial charge in [-0.1, -0.05) is 54.6 Å². The lowest BCUT2D eigenvalue weighted by atomic mass is 10.1. The lowest BCUT2D eigenvalue weighted by Crippen LogP contribution is -2.23. The molecule has 0 bridgehead atoms. The van der Waals surface area contributed by atoms with Gasteiger partial charge in [0.2, 0.25) is 10.0 Å². The third-order valence-electron chi connectivity index (χ3n) is 5.49. The highest BCUT2D eigenvalue weighted by Gasteiger charge is 2.19. The molecule has 180 valence electrons. The van der Waals surface area contributed by atoms with Crippen LogP contribution in [-0.4, -0.2) is 38.3 Å². The number of carbonyl (C=O) groups is 1. The van der Waals surface area contributed by atoms with E-state index in [9.17, 15) is 13.2 Å². The standard InChI is InChI=1S/C26H26N4O4S/c1-27-35(32,33)23-13-11-19(12-14-23)16-28-26(31)24-18-30(17-20-7-4-3-5-8-20)29-25(24)21-9-6-10-22(15-21)34-2/h3-15,18,27H,16-17H2,1-2H3,(H,28,31). The van der Waals surface area contributed by atoms with Gasteiger partial charge in [-0.2, -0.15) is 5.10 Å². The number of ether oxygens (including phenoxy) is 1. The number of amides is 1.